The lowest BCUT2D eigenvalue weighted by Crippen LogP contribution is -2.11. The van der Waals surface area contributed by atoms with Gasteiger partial charge in [-0.2, -0.15) is 4.98 Å². The van der Waals surface area contributed by atoms with Crippen LogP contribution >= 0.6 is 11.8 Å². The molecule has 2 heterocycles. The van der Waals surface area contributed by atoms with E-state index in [1.807, 2.05) is 12.1 Å². The largest absolute Gasteiger partial charge is 0.494 e. The van der Waals surface area contributed by atoms with Crippen LogP contribution in [0.5, 0.6) is 5.75 Å². The molecular formula is C23H28ClN3O2. The van der Waals surface area contributed by atoms with E-state index in [2.05, 4.69) is 41.3 Å². The van der Waals surface area contributed by atoms with Crippen molar-refractivity contribution < 1.29 is 9.26 Å². The predicted octanol–water partition coefficient (Wildman–Crippen LogP) is 6.53. The van der Waals surface area contributed by atoms with Crippen LogP contribution in [-0.4, -0.2) is 27.7 Å². The van der Waals surface area contributed by atoms with Crippen LogP contribution in [0.25, 0.3) is 22.2 Å². The molecule has 1 fully saturated rings. The fraction of sp³-hybridized carbons (Fsp3) is 0.478. The average molecular weight is 414 g/mol. The highest BCUT2D eigenvalue weighted by molar-refractivity contribution is 6.13. The number of hydrogen-bond donors (Lipinski definition) is 0. The number of unbranched alkanes of at least 4 members (excludes halogenated alkanes) is 4. The first-order valence-electron chi connectivity index (χ1n) is 10.7. The lowest BCUT2D eigenvalue weighted by molar-refractivity contribution is 0.298. The van der Waals surface area contributed by atoms with Crippen molar-refractivity contribution in [3.8, 4) is 17.1 Å². The van der Waals surface area contributed by atoms with Gasteiger partial charge in [-0.05, 0) is 60.0 Å². The second-order valence-electron chi connectivity index (χ2n) is 7.72. The van der Waals surface area contributed by atoms with Crippen molar-refractivity contribution in [1.82, 2.24) is 14.6 Å². The molecule has 1 atom stereocenters. The van der Waals surface area contributed by atoms with Crippen LogP contribution in [0.15, 0.2) is 40.9 Å². The van der Waals surface area contributed by atoms with Crippen LogP contribution in [0.1, 0.15) is 63.8 Å². The average Bonchev–Trinajstić information content (AvgIpc) is 3.39. The molecular weight excluding hydrogens is 386 g/mol. The van der Waals surface area contributed by atoms with E-state index in [1.165, 1.54) is 25.7 Å². The summed E-state index contributed by atoms with van der Waals surface area (Å²) in [6, 6.07) is 12.4. The summed E-state index contributed by atoms with van der Waals surface area (Å²) < 4.78 is 13.2. The number of fused-ring (bicyclic) bond motifs is 1. The van der Waals surface area contributed by atoms with Crippen LogP contribution < -0.4 is 4.74 Å². The molecule has 0 unspecified atom stereocenters. The highest BCUT2D eigenvalue weighted by Gasteiger charge is 2.29. The lowest BCUT2D eigenvalue weighted by atomic mass is 10.1. The minimum atomic E-state index is 0.0139. The summed E-state index contributed by atoms with van der Waals surface area (Å²) >= 11 is 6.22. The van der Waals surface area contributed by atoms with E-state index in [9.17, 15) is 0 Å². The topological polar surface area (TPSA) is 51.4 Å². The number of hydrogen-bond acceptors (Lipinski definition) is 5. The minimum absolute atomic E-state index is 0.0139. The van der Waals surface area contributed by atoms with Gasteiger partial charge in [-0.1, -0.05) is 56.0 Å². The molecule has 0 radical (unpaired) electrons. The highest BCUT2D eigenvalue weighted by atomic mass is 35.5. The summed E-state index contributed by atoms with van der Waals surface area (Å²) in [4.78, 5) is 4.58. The van der Waals surface area contributed by atoms with Gasteiger partial charge >= 0.3 is 0 Å². The van der Waals surface area contributed by atoms with E-state index in [0.29, 0.717) is 11.7 Å². The summed E-state index contributed by atoms with van der Waals surface area (Å²) in [6.45, 7) is 3.86. The van der Waals surface area contributed by atoms with E-state index in [4.69, 9.17) is 21.0 Å². The zero-order chi connectivity index (χ0) is 20.1. The number of ether oxygens (including phenoxy) is 1. The molecule has 0 aliphatic carbocycles. The molecule has 0 amide bonds. The van der Waals surface area contributed by atoms with Crippen LogP contribution in [0.2, 0.25) is 0 Å². The quantitative estimate of drug-likeness (QED) is 0.295. The molecule has 5 nitrogen and oxygen atoms in total. The van der Waals surface area contributed by atoms with Gasteiger partial charge in [0.25, 0.3) is 0 Å². The second-order valence-corrected chi connectivity index (χ2v) is 8.16. The number of halogens is 1. The first-order valence-corrected chi connectivity index (χ1v) is 11.0. The Bertz CT molecular complexity index is 943. The van der Waals surface area contributed by atoms with Crippen molar-refractivity contribution in [2.45, 2.75) is 57.9 Å². The van der Waals surface area contributed by atoms with E-state index in [0.717, 1.165) is 54.5 Å². The summed E-state index contributed by atoms with van der Waals surface area (Å²) in [7, 11) is 0. The van der Waals surface area contributed by atoms with Crippen molar-refractivity contribution in [2.24, 2.45) is 0 Å². The summed E-state index contributed by atoms with van der Waals surface area (Å²) in [5.74, 6) is 2.12. The summed E-state index contributed by atoms with van der Waals surface area (Å²) in [5, 5.41) is 6.44. The van der Waals surface area contributed by atoms with Gasteiger partial charge in [-0.3, -0.25) is 0 Å². The van der Waals surface area contributed by atoms with Crippen LogP contribution in [-0.2, 0) is 0 Å². The van der Waals surface area contributed by atoms with Crippen LogP contribution in [0.3, 0.4) is 0 Å². The van der Waals surface area contributed by atoms with Gasteiger partial charge < -0.3 is 9.26 Å². The number of nitrogens with zero attached hydrogens (tertiary/aromatic N) is 3. The van der Waals surface area contributed by atoms with Crippen molar-refractivity contribution in [2.75, 3.05) is 13.2 Å². The maximum absolute atomic E-state index is 6.22. The summed E-state index contributed by atoms with van der Waals surface area (Å²) in [6.07, 6.45) is 8.21. The number of rotatable bonds is 9. The van der Waals surface area contributed by atoms with Gasteiger partial charge in [-0.25, -0.2) is 4.42 Å². The van der Waals surface area contributed by atoms with Crippen molar-refractivity contribution in [3.05, 3.63) is 42.3 Å². The lowest BCUT2D eigenvalue weighted by Gasteiger charge is -2.10. The molecule has 1 saturated heterocycles. The zero-order valence-electron chi connectivity index (χ0n) is 16.9. The zero-order valence-corrected chi connectivity index (χ0v) is 17.7. The van der Waals surface area contributed by atoms with Gasteiger partial charge in [0.15, 0.2) is 0 Å². The number of benzene rings is 2. The molecule has 6 heteroatoms. The van der Waals surface area contributed by atoms with Crippen molar-refractivity contribution >= 4 is 22.5 Å². The molecule has 3 aromatic rings. The Labute approximate surface area is 177 Å². The Morgan fingerprint density at radius 3 is 2.76 bits per heavy atom. The SMILES string of the molecule is CCCCCCCOc1ccc2cc(-c3noc([C@@H]4CCCN4Cl)n3)ccc2c1. The van der Waals surface area contributed by atoms with Crippen molar-refractivity contribution in [3.63, 3.8) is 0 Å². The molecule has 1 aliphatic rings. The molecule has 2 aromatic carbocycles. The summed E-state index contributed by atoms with van der Waals surface area (Å²) in [5.41, 5.74) is 0.941. The first-order chi connectivity index (χ1) is 14.2. The normalized spacial score (nSPS) is 17.2. The maximum atomic E-state index is 6.22. The Morgan fingerprint density at radius 2 is 1.93 bits per heavy atom. The maximum Gasteiger partial charge on any atom is 0.245 e. The van der Waals surface area contributed by atoms with Gasteiger partial charge in [0, 0.05) is 12.1 Å². The first kappa shape index (κ1) is 20.2. The molecule has 29 heavy (non-hydrogen) atoms. The molecule has 0 bridgehead atoms. The number of aromatic nitrogens is 2. The molecule has 1 aromatic heterocycles. The molecule has 154 valence electrons. The Hall–Kier alpha value is -2.11. The highest BCUT2D eigenvalue weighted by Crippen LogP contribution is 2.33. The van der Waals surface area contributed by atoms with E-state index in [1.54, 1.807) is 4.42 Å². The van der Waals surface area contributed by atoms with Gasteiger partial charge in [0.2, 0.25) is 11.7 Å². The molecule has 4 rings (SSSR count). The van der Waals surface area contributed by atoms with E-state index in [-0.39, 0.29) is 6.04 Å². The smallest absolute Gasteiger partial charge is 0.245 e. The van der Waals surface area contributed by atoms with Crippen molar-refractivity contribution in [1.29, 1.82) is 0 Å². The monoisotopic (exact) mass is 413 g/mol. The Balaban J connectivity index is 1.41. The fourth-order valence-electron chi connectivity index (χ4n) is 3.81. The predicted molar refractivity (Wildman–Crippen MR) is 116 cm³/mol. The van der Waals surface area contributed by atoms with E-state index < -0.39 is 0 Å². The molecule has 1 aliphatic heterocycles. The third-order valence-electron chi connectivity index (χ3n) is 5.50. The Kier molecular flexibility index (Phi) is 6.67. The van der Waals surface area contributed by atoms with Gasteiger partial charge in [-0.15, -0.1) is 0 Å². The minimum Gasteiger partial charge on any atom is -0.494 e. The van der Waals surface area contributed by atoms with Crippen LogP contribution in [0, 0.1) is 0 Å². The Morgan fingerprint density at radius 1 is 1.10 bits per heavy atom. The third kappa shape index (κ3) is 4.90. The van der Waals surface area contributed by atoms with Gasteiger partial charge in [0.1, 0.15) is 11.8 Å². The second kappa shape index (κ2) is 9.59. The van der Waals surface area contributed by atoms with Crippen LogP contribution in [0.4, 0.5) is 0 Å². The van der Waals surface area contributed by atoms with Gasteiger partial charge in [0.05, 0.1) is 6.61 Å². The standard InChI is InChI=1S/C23H28ClN3O2/c1-2-3-4-5-6-14-28-20-12-11-17-15-19(10-9-18(17)16-20)22-25-23(29-26-22)21-8-7-13-27(21)24/h9-12,15-16,21H,2-8,13-14H2,1H3/t21-/m0/s1. The van der Waals surface area contributed by atoms with E-state index >= 15 is 0 Å². The fourth-order valence-corrected chi connectivity index (χ4v) is 4.11. The third-order valence-corrected chi connectivity index (χ3v) is 5.91. The molecule has 0 N–H and O–H groups in total. The molecule has 0 saturated carbocycles. The molecule has 0 spiro atoms.